The highest BCUT2D eigenvalue weighted by molar-refractivity contribution is 5.85. The van der Waals surface area contributed by atoms with Crippen molar-refractivity contribution in [2.24, 2.45) is 0 Å². The number of hydrogen-bond acceptors (Lipinski definition) is 2. The third-order valence-electron chi connectivity index (χ3n) is 4.31. The Kier molecular flexibility index (Phi) is 4.20. The van der Waals surface area contributed by atoms with E-state index >= 15 is 0 Å². The predicted octanol–water partition coefficient (Wildman–Crippen LogP) is 2.89. The molecule has 1 fully saturated rings. The molecule has 1 aliphatic heterocycles. The SMILES string of the molecule is CC(=O)N1CCCN(Cc2cccc3ccccc23)CC1. The van der Waals surface area contributed by atoms with Crippen LogP contribution in [0.15, 0.2) is 42.5 Å². The lowest BCUT2D eigenvalue weighted by Gasteiger charge is -2.21. The molecule has 0 bridgehead atoms. The van der Waals surface area contributed by atoms with Gasteiger partial charge in [-0.3, -0.25) is 9.69 Å². The molecule has 3 nitrogen and oxygen atoms in total. The zero-order valence-corrected chi connectivity index (χ0v) is 12.6. The van der Waals surface area contributed by atoms with E-state index in [1.807, 2.05) is 4.90 Å². The molecule has 3 heteroatoms. The molecule has 1 aliphatic rings. The highest BCUT2D eigenvalue weighted by Crippen LogP contribution is 2.20. The van der Waals surface area contributed by atoms with Crippen LogP contribution in [-0.2, 0) is 11.3 Å². The van der Waals surface area contributed by atoms with Crippen LogP contribution in [0.2, 0.25) is 0 Å². The fourth-order valence-corrected chi connectivity index (χ4v) is 3.12. The van der Waals surface area contributed by atoms with Gasteiger partial charge in [-0.15, -0.1) is 0 Å². The second-order valence-electron chi connectivity index (χ2n) is 5.77. The van der Waals surface area contributed by atoms with Crippen molar-refractivity contribution in [3.8, 4) is 0 Å². The van der Waals surface area contributed by atoms with Crippen molar-refractivity contribution in [3.63, 3.8) is 0 Å². The Labute approximate surface area is 126 Å². The summed E-state index contributed by atoms with van der Waals surface area (Å²) in [5.74, 6) is 0.196. The molecular weight excluding hydrogens is 260 g/mol. The number of carbonyl (C=O) groups is 1. The molecule has 2 aromatic rings. The Morgan fingerprint density at radius 2 is 1.81 bits per heavy atom. The number of rotatable bonds is 2. The van der Waals surface area contributed by atoms with Crippen molar-refractivity contribution in [1.82, 2.24) is 9.80 Å². The lowest BCUT2D eigenvalue weighted by molar-refractivity contribution is -0.128. The maximum atomic E-state index is 11.5. The summed E-state index contributed by atoms with van der Waals surface area (Å²) >= 11 is 0. The molecule has 0 saturated carbocycles. The van der Waals surface area contributed by atoms with Gasteiger partial charge in [0.25, 0.3) is 0 Å². The van der Waals surface area contributed by atoms with Crippen LogP contribution in [0.1, 0.15) is 18.9 Å². The van der Waals surface area contributed by atoms with Gasteiger partial charge in [0.1, 0.15) is 0 Å². The minimum Gasteiger partial charge on any atom is -0.342 e. The molecule has 3 rings (SSSR count). The molecule has 0 aromatic heterocycles. The van der Waals surface area contributed by atoms with Crippen LogP contribution in [0.4, 0.5) is 0 Å². The van der Waals surface area contributed by atoms with Crippen LogP contribution in [-0.4, -0.2) is 41.9 Å². The lowest BCUT2D eigenvalue weighted by Crippen LogP contribution is -2.33. The van der Waals surface area contributed by atoms with Gasteiger partial charge in [0.05, 0.1) is 0 Å². The van der Waals surface area contributed by atoms with Crippen molar-refractivity contribution < 1.29 is 4.79 Å². The largest absolute Gasteiger partial charge is 0.342 e. The number of fused-ring (bicyclic) bond motifs is 1. The van der Waals surface area contributed by atoms with Gasteiger partial charge in [-0.25, -0.2) is 0 Å². The van der Waals surface area contributed by atoms with E-state index in [1.54, 1.807) is 6.92 Å². The summed E-state index contributed by atoms with van der Waals surface area (Å²) in [5, 5.41) is 2.64. The molecule has 0 spiro atoms. The van der Waals surface area contributed by atoms with Crippen molar-refractivity contribution >= 4 is 16.7 Å². The van der Waals surface area contributed by atoms with E-state index in [4.69, 9.17) is 0 Å². The Hall–Kier alpha value is -1.87. The van der Waals surface area contributed by atoms with Gasteiger partial charge in [-0.05, 0) is 22.8 Å². The number of hydrogen-bond donors (Lipinski definition) is 0. The van der Waals surface area contributed by atoms with E-state index in [1.165, 1.54) is 16.3 Å². The second-order valence-corrected chi connectivity index (χ2v) is 5.77. The highest BCUT2D eigenvalue weighted by Gasteiger charge is 2.16. The quantitative estimate of drug-likeness (QED) is 0.845. The molecule has 0 radical (unpaired) electrons. The predicted molar refractivity (Wildman–Crippen MR) is 86.1 cm³/mol. The molecule has 0 atom stereocenters. The zero-order chi connectivity index (χ0) is 14.7. The van der Waals surface area contributed by atoms with Gasteiger partial charge in [0.15, 0.2) is 0 Å². The first-order valence-electron chi connectivity index (χ1n) is 7.68. The van der Waals surface area contributed by atoms with Crippen LogP contribution in [0.5, 0.6) is 0 Å². The summed E-state index contributed by atoms with van der Waals surface area (Å²) < 4.78 is 0. The highest BCUT2D eigenvalue weighted by atomic mass is 16.2. The van der Waals surface area contributed by atoms with Gasteiger partial charge in [0.2, 0.25) is 5.91 Å². The Bertz CT molecular complexity index is 633. The molecule has 21 heavy (non-hydrogen) atoms. The molecule has 1 heterocycles. The number of carbonyl (C=O) groups excluding carboxylic acids is 1. The fraction of sp³-hybridized carbons (Fsp3) is 0.389. The lowest BCUT2D eigenvalue weighted by atomic mass is 10.0. The molecule has 1 amide bonds. The van der Waals surface area contributed by atoms with E-state index in [2.05, 4.69) is 47.4 Å². The topological polar surface area (TPSA) is 23.6 Å². The number of amides is 1. The van der Waals surface area contributed by atoms with E-state index < -0.39 is 0 Å². The van der Waals surface area contributed by atoms with Gasteiger partial charge < -0.3 is 4.90 Å². The molecular formula is C18H22N2O. The van der Waals surface area contributed by atoms with E-state index in [-0.39, 0.29) is 5.91 Å². The summed E-state index contributed by atoms with van der Waals surface area (Å²) in [6, 6.07) is 15.1. The molecule has 110 valence electrons. The summed E-state index contributed by atoms with van der Waals surface area (Å²) in [5.41, 5.74) is 1.38. The molecule has 1 saturated heterocycles. The van der Waals surface area contributed by atoms with E-state index in [9.17, 15) is 4.79 Å². The van der Waals surface area contributed by atoms with Crippen LogP contribution in [0.3, 0.4) is 0 Å². The number of nitrogens with zero attached hydrogens (tertiary/aromatic N) is 2. The third-order valence-corrected chi connectivity index (χ3v) is 4.31. The van der Waals surface area contributed by atoms with E-state index in [0.717, 1.165) is 39.1 Å². The molecule has 0 N–H and O–H groups in total. The summed E-state index contributed by atoms with van der Waals surface area (Å²) in [4.78, 5) is 15.9. The Balaban J connectivity index is 1.75. The fourth-order valence-electron chi connectivity index (χ4n) is 3.12. The first kappa shape index (κ1) is 14.1. The summed E-state index contributed by atoms with van der Waals surface area (Å²) in [6.07, 6.45) is 1.06. The third kappa shape index (κ3) is 3.24. The normalized spacial score (nSPS) is 16.9. The van der Waals surface area contributed by atoms with Gasteiger partial charge in [0, 0.05) is 39.6 Å². The number of benzene rings is 2. The standard InChI is InChI=1S/C18H22N2O/c1-15(21)20-11-5-10-19(12-13-20)14-17-8-4-7-16-6-2-3-9-18(16)17/h2-4,6-9H,5,10-14H2,1H3. The summed E-state index contributed by atoms with van der Waals surface area (Å²) in [6.45, 7) is 6.39. The maximum Gasteiger partial charge on any atom is 0.219 e. The first-order chi connectivity index (χ1) is 10.2. The second kappa shape index (κ2) is 6.27. The minimum atomic E-state index is 0.196. The monoisotopic (exact) mass is 282 g/mol. The maximum absolute atomic E-state index is 11.5. The molecule has 0 aliphatic carbocycles. The molecule has 2 aromatic carbocycles. The molecule has 0 unspecified atom stereocenters. The van der Waals surface area contributed by atoms with Crippen molar-refractivity contribution in [2.75, 3.05) is 26.2 Å². The first-order valence-corrected chi connectivity index (χ1v) is 7.68. The van der Waals surface area contributed by atoms with Gasteiger partial charge in [-0.1, -0.05) is 42.5 Å². The van der Waals surface area contributed by atoms with Crippen molar-refractivity contribution in [1.29, 1.82) is 0 Å². The smallest absolute Gasteiger partial charge is 0.219 e. The average Bonchev–Trinajstić information content (AvgIpc) is 2.73. The minimum absolute atomic E-state index is 0.196. The van der Waals surface area contributed by atoms with Crippen LogP contribution in [0, 0.1) is 0 Å². The average molecular weight is 282 g/mol. The van der Waals surface area contributed by atoms with E-state index in [0.29, 0.717) is 0 Å². The Morgan fingerprint density at radius 1 is 1.00 bits per heavy atom. The van der Waals surface area contributed by atoms with Crippen molar-refractivity contribution in [3.05, 3.63) is 48.0 Å². The summed E-state index contributed by atoms with van der Waals surface area (Å²) in [7, 11) is 0. The Morgan fingerprint density at radius 3 is 2.67 bits per heavy atom. The van der Waals surface area contributed by atoms with Crippen LogP contribution < -0.4 is 0 Å². The van der Waals surface area contributed by atoms with Crippen LogP contribution >= 0.6 is 0 Å². The van der Waals surface area contributed by atoms with Crippen LogP contribution in [0.25, 0.3) is 10.8 Å². The van der Waals surface area contributed by atoms with Gasteiger partial charge >= 0.3 is 0 Å². The zero-order valence-electron chi connectivity index (χ0n) is 12.6. The van der Waals surface area contributed by atoms with Crippen molar-refractivity contribution in [2.45, 2.75) is 19.9 Å². The van der Waals surface area contributed by atoms with Gasteiger partial charge in [-0.2, -0.15) is 0 Å².